The summed E-state index contributed by atoms with van der Waals surface area (Å²) < 4.78 is 0. The number of hydrogen-bond donors (Lipinski definition) is 2. The highest BCUT2D eigenvalue weighted by atomic mass is 16.2. The molecule has 25 heavy (non-hydrogen) atoms. The number of hydrogen-bond acceptors (Lipinski definition) is 3. The third-order valence-electron chi connectivity index (χ3n) is 5.47. The van der Waals surface area contributed by atoms with Crippen LogP contribution in [0.2, 0.25) is 0 Å². The minimum Gasteiger partial charge on any atom is -0.343 e. The van der Waals surface area contributed by atoms with E-state index in [9.17, 15) is 9.59 Å². The highest BCUT2D eigenvalue weighted by molar-refractivity contribution is 5.96. The standard InChI is InChI=1S/C20H29N3O2/c1-2-21-14-15-9-11-23(12-10-15)19(24)8-7-17-13-16-5-3-4-6-18(16)22-20(17)25/h3-6,15,17,21H,2,7-14H2,1H3,(H,22,25). The van der Waals surface area contributed by atoms with Gasteiger partial charge >= 0.3 is 0 Å². The lowest BCUT2D eigenvalue weighted by molar-refractivity contribution is -0.133. The summed E-state index contributed by atoms with van der Waals surface area (Å²) in [5.74, 6) is 0.846. The molecule has 1 aromatic carbocycles. The maximum Gasteiger partial charge on any atom is 0.227 e. The average molecular weight is 343 g/mol. The molecule has 5 nitrogen and oxygen atoms in total. The van der Waals surface area contributed by atoms with Gasteiger partial charge in [-0.1, -0.05) is 25.1 Å². The maximum absolute atomic E-state index is 12.5. The highest BCUT2D eigenvalue weighted by Crippen LogP contribution is 2.28. The minimum absolute atomic E-state index is 0.0517. The molecule has 1 fully saturated rings. The summed E-state index contributed by atoms with van der Waals surface area (Å²) >= 11 is 0. The van der Waals surface area contributed by atoms with E-state index in [0.717, 1.165) is 51.1 Å². The molecule has 0 aromatic heterocycles. The number of fused-ring (bicyclic) bond motifs is 1. The van der Waals surface area contributed by atoms with Crippen molar-refractivity contribution in [3.05, 3.63) is 29.8 Å². The predicted molar refractivity (Wildman–Crippen MR) is 99.3 cm³/mol. The normalized spacial score (nSPS) is 20.9. The number of para-hydroxylation sites is 1. The Labute approximate surface area is 150 Å². The van der Waals surface area contributed by atoms with E-state index in [1.54, 1.807) is 0 Å². The van der Waals surface area contributed by atoms with Crippen molar-refractivity contribution in [1.29, 1.82) is 0 Å². The lowest BCUT2D eigenvalue weighted by Crippen LogP contribution is -2.41. The van der Waals surface area contributed by atoms with Gasteiger partial charge in [-0.25, -0.2) is 0 Å². The van der Waals surface area contributed by atoms with E-state index in [-0.39, 0.29) is 17.7 Å². The molecule has 2 aliphatic rings. The van der Waals surface area contributed by atoms with E-state index in [4.69, 9.17) is 0 Å². The summed E-state index contributed by atoms with van der Waals surface area (Å²) in [4.78, 5) is 26.7. The lowest BCUT2D eigenvalue weighted by Gasteiger charge is -2.32. The number of benzene rings is 1. The first-order valence-corrected chi connectivity index (χ1v) is 9.54. The highest BCUT2D eigenvalue weighted by Gasteiger charge is 2.28. The van der Waals surface area contributed by atoms with Crippen LogP contribution in [-0.2, 0) is 16.0 Å². The van der Waals surface area contributed by atoms with E-state index in [2.05, 4.69) is 23.6 Å². The van der Waals surface area contributed by atoms with Crippen molar-refractivity contribution < 1.29 is 9.59 Å². The molecule has 5 heteroatoms. The Bertz CT molecular complexity index is 609. The van der Waals surface area contributed by atoms with Gasteiger partial charge in [0, 0.05) is 31.1 Å². The summed E-state index contributed by atoms with van der Waals surface area (Å²) in [6, 6.07) is 7.92. The summed E-state index contributed by atoms with van der Waals surface area (Å²) in [5, 5.41) is 6.36. The second-order valence-corrected chi connectivity index (χ2v) is 7.22. The van der Waals surface area contributed by atoms with Crippen LogP contribution in [0.25, 0.3) is 0 Å². The van der Waals surface area contributed by atoms with Gasteiger partial charge in [0.05, 0.1) is 0 Å². The molecule has 0 aliphatic carbocycles. The predicted octanol–water partition coefficient (Wildman–Crippen LogP) is 2.43. The Morgan fingerprint density at radius 1 is 1.28 bits per heavy atom. The molecule has 1 unspecified atom stereocenters. The molecular formula is C20H29N3O2. The van der Waals surface area contributed by atoms with Crippen molar-refractivity contribution in [2.75, 3.05) is 31.5 Å². The molecule has 2 heterocycles. The molecule has 2 amide bonds. The number of anilines is 1. The number of carbonyl (C=O) groups excluding carboxylic acids is 2. The van der Waals surface area contributed by atoms with Gasteiger partial charge in [0.25, 0.3) is 0 Å². The fourth-order valence-electron chi connectivity index (χ4n) is 3.84. The number of nitrogens with zero attached hydrogens (tertiary/aromatic N) is 1. The van der Waals surface area contributed by atoms with Gasteiger partial charge in [-0.3, -0.25) is 9.59 Å². The van der Waals surface area contributed by atoms with Gasteiger partial charge < -0.3 is 15.5 Å². The molecule has 1 atom stereocenters. The van der Waals surface area contributed by atoms with Crippen LogP contribution in [-0.4, -0.2) is 42.9 Å². The number of nitrogens with one attached hydrogen (secondary N) is 2. The third kappa shape index (κ3) is 4.60. The van der Waals surface area contributed by atoms with Crippen LogP contribution in [0.4, 0.5) is 5.69 Å². The molecule has 1 aromatic rings. The fraction of sp³-hybridized carbons (Fsp3) is 0.600. The van der Waals surface area contributed by atoms with Crippen molar-refractivity contribution in [3.8, 4) is 0 Å². The Balaban J connectivity index is 1.45. The molecule has 136 valence electrons. The lowest BCUT2D eigenvalue weighted by atomic mass is 9.89. The molecule has 2 aliphatic heterocycles. The Morgan fingerprint density at radius 3 is 2.80 bits per heavy atom. The monoisotopic (exact) mass is 343 g/mol. The summed E-state index contributed by atoms with van der Waals surface area (Å²) in [6.07, 6.45) is 4.00. The summed E-state index contributed by atoms with van der Waals surface area (Å²) in [5.41, 5.74) is 2.08. The van der Waals surface area contributed by atoms with E-state index in [0.29, 0.717) is 18.8 Å². The van der Waals surface area contributed by atoms with Crippen molar-refractivity contribution >= 4 is 17.5 Å². The molecule has 2 N–H and O–H groups in total. The van der Waals surface area contributed by atoms with Crippen molar-refractivity contribution in [3.63, 3.8) is 0 Å². The topological polar surface area (TPSA) is 61.4 Å². The zero-order valence-corrected chi connectivity index (χ0v) is 15.1. The van der Waals surface area contributed by atoms with Gasteiger partial charge in [-0.15, -0.1) is 0 Å². The Morgan fingerprint density at radius 2 is 2.04 bits per heavy atom. The van der Waals surface area contributed by atoms with E-state index in [1.807, 2.05) is 23.1 Å². The molecular weight excluding hydrogens is 314 g/mol. The van der Waals surface area contributed by atoms with Gasteiger partial charge in [-0.05, 0) is 56.3 Å². The van der Waals surface area contributed by atoms with Crippen molar-refractivity contribution in [1.82, 2.24) is 10.2 Å². The van der Waals surface area contributed by atoms with Crippen molar-refractivity contribution in [2.45, 2.75) is 39.0 Å². The number of piperidine rings is 1. The Hall–Kier alpha value is -1.88. The molecule has 0 radical (unpaired) electrons. The summed E-state index contributed by atoms with van der Waals surface area (Å²) in [7, 11) is 0. The van der Waals surface area contributed by atoms with E-state index >= 15 is 0 Å². The minimum atomic E-state index is -0.0925. The van der Waals surface area contributed by atoms with Gasteiger partial charge in [0.1, 0.15) is 0 Å². The molecule has 0 bridgehead atoms. The van der Waals surface area contributed by atoms with Crippen LogP contribution in [0, 0.1) is 11.8 Å². The first-order valence-electron chi connectivity index (χ1n) is 9.54. The summed E-state index contributed by atoms with van der Waals surface area (Å²) in [6.45, 7) is 5.90. The molecule has 3 rings (SSSR count). The number of amides is 2. The second-order valence-electron chi connectivity index (χ2n) is 7.22. The number of carbonyl (C=O) groups is 2. The van der Waals surface area contributed by atoms with Crippen LogP contribution in [0.15, 0.2) is 24.3 Å². The zero-order chi connectivity index (χ0) is 17.6. The molecule has 1 saturated heterocycles. The largest absolute Gasteiger partial charge is 0.343 e. The zero-order valence-electron chi connectivity index (χ0n) is 15.1. The van der Waals surface area contributed by atoms with Crippen LogP contribution in [0.5, 0.6) is 0 Å². The van der Waals surface area contributed by atoms with Crippen LogP contribution in [0.1, 0.15) is 38.2 Å². The van der Waals surface area contributed by atoms with E-state index < -0.39 is 0 Å². The third-order valence-corrected chi connectivity index (χ3v) is 5.47. The van der Waals surface area contributed by atoms with Crippen LogP contribution >= 0.6 is 0 Å². The fourth-order valence-corrected chi connectivity index (χ4v) is 3.84. The van der Waals surface area contributed by atoms with Crippen LogP contribution < -0.4 is 10.6 Å². The first-order chi connectivity index (χ1) is 12.2. The van der Waals surface area contributed by atoms with E-state index in [1.165, 1.54) is 5.56 Å². The molecule has 0 spiro atoms. The van der Waals surface area contributed by atoms with Gasteiger partial charge in [0.2, 0.25) is 11.8 Å². The van der Waals surface area contributed by atoms with Crippen LogP contribution in [0.3, 0.4) is 0 Å². The van der Waals surface area contributed by atoms with Gasteiger partial charge in [-0.2, -0.15) is 0 Å². The number of likely N-dealkylation sites (tertiary alicyclic amines) is 1. The maximum atomic E-state index is 12.5. The second kappa shape index (κ2) is 8.48. The average Bonchev–Trinajstić information content (AvgIpc) is 2.64. The smallest absolute Gasteiger partial charge is 0.227 e. The molecule has 0 saturated carbocycles. The number of rotatable bonds is 6. The SMILES string of the molecule is CCNCC1CCN(C(=O)CCC2Cc3ccccc3NC2=O)CC1. The van der Waals surface area contributed by atoms with Crippen molar-refractivity contribution in [2.24, 2.45) is 11.8 Å². The quantitative estimate of drug-likeness (QED) is 0.834. The Kier molecular flexibility index (Phi) is 6.08. The van der Waals surface area contributed by atoms with Gasteiger partial charge in [0.15, 0.2) is 0 Å². The first kappa shape index (κ1) is 17.9.